The molecule has 3 heterocycles. The van der Waals surface area contributed by atoms with Gasteiger partial charge in [-0.2, -0.15) is 0 Å². The molecule has 0 fully saturated rings. The van der Waals surface area contributed by atoms with Crippen LogP contribution >= 0.6 is 0 Å². The highest BCUT2D eigenvalue weighted by atomic mass is 15.1. The maximum atomic E-state index is 2.59. The van der Waals surface area contributed by atoms with Gasteiger partial charge in [-0.1, -0.05) is 146 Å². The van der Waals surface area contributed by atoms with Crippen molar-refractivity contribution in [3.8, 4) is 0 Å². The molecule has 0 atom stereocenters. The molecule has 228 valence electrons. The molecule has 10 rings (SSSR count). The van der Waals surface area contributed by atoms with Crippen LogP contribution in [0.25, 0.3) is 65.4 Å². The van der Waals surface area contributed by atoms with Crippen LogP contribution in [0.2, 0.25) is 0 Å². The second-order valence-electron chi connectivity index (χ2n) is 12.9. The van der Waals surface area contributed by atoms with Crippen LogP contribution in [0.1, 0.15) is 16.7 Å². The molecule has 0 N–H and O–H groups in total. The minimum Gasteiger partial charge on any atom is -0.335 e. The number of rotatable bonds is 6. The summed E-state index contributed by atoms with van der Waals surface area (Å²) in [5, 5.41) is 7.91. The van der Waals surface area contributed by atoms with E-state index in [-0.39, 0.29) is 0 Å². The molecule has 0 aliphatic rings. The van der Waals surface area contributed by atoms with Crippen LogP contribution in [0.3, 0.4) is 0 Å². The average Bonchev–Trinajstić information content (AvgIpc) is 3.76. The molecule has 0 spiro atoms. The minimum atomic E-state index is 0.789. The Morgan fingerprint density at radius 3 is 0.979 bits per heavy atom. The predicted octanol–water partition coefficient (Wildman–Crippen LogP) is 11.2. The van der Waals surface area contributed by atoms with Gasteiger partial charge in [0, 0.05) is 68.5 Å². The summed E-state index contributed by atoms with van der Waals surface area (Å²) in [4.78, 5) is 0. The molecule has 0 amide bonds. The Labute approximate surface area is 278 Å². The summed E-state index contributed by atoms with van der Waals surface area (Å²) in [5.74, 6) is 0. The summed E-state index contributed by atoms with van der Waals surface area (Å²) in [6, 6.07) is 59.8. The van der Waals surface area contributed by atoms with Gasteiger partial charge in [0.2, 0.25) is 0 Å². The fourth-order valence-electron chi connectivity index (χ4n) is 8.20. The topological polar surface area (TPSA) is 14.8 Å². The van der Waals surface area contributed by atoms with E-state index in [0.717, 1.165) is 19.6 Å². The van der Waals surface area contributed by atoms with Crippen molar-refractivity contribution >= 4 is 65.4 Å². The van der Waals surface area contributed by atoms with Crippen molar-refractivity contribution in [3.63, 3.8) is 0 Å². The van der Waals surface area contributed by atoms with Crippen molar-refractivity contribution < 1.29 is 0 Å². The van der Waals surface area contributed by atoms with Gasteiger partial charge < -0.3 is 13.7 Å². The molecule has 3 nitrogen and oxygen atoms in total. The summed E-state index contributed by atoms with van der Waals surface area (Å²) < 4.78 is 7.77. The van der Waals surface area contributed by atoms with Crippen molar-refractivity contribution in [1.82, 2.24) is 13.7 Å². The van der Waals surface area contributed by atoms with Gasteiger partial charge >= 0.3 is 0 Å². The lowest BCUT2D eigenvalue weighted by Gasteiger charge is -2.14. The van der Waals surface area contributed by atoms with Gasteiger partial charge in [-0.3, -0.25) is 0 Å². The third-order valence-corrected chi connectivity index (χ3v) is 10.2. The molecule has 0 aliphatic heterocycles. The average molecular weight is 616 g/mol. The van der Waals surface area contributed by atoms with E-state index in [1.54, 1.807) is 0 Å². The zero-order valence-electron chi connectivity index (χ0n) is 26.6. The Morgan fingerprint density at radius 2 is 0.562 bits per heavy atom. The van der Waals surface area contributed by atoms with E-state index in [9.17, 15) is 0 Å². The van der Waals surface area contributed by atoms with E-state index < -0.39 is 0 Å². The fourth-order valence-corrected chi connectivity index (χ4v) is 8.20. The third-order valence-electron chi connectivity index (χ3n) is 10.2. The number of benzene rings is 7. The van der Waals surface area contributed by atoms with E-state index in [1.165, 1.54) is 82.1 Å². The van der Waals surface area contributed by atoms with Crippen molar-refractivity contribution in [2.75, 3.05) is 0 Å². The van der Waals surface area contributed by atoms with E-state index in [0.29, 0.717) is 0 Å². The van der Waals surface area contributed by atoms with Crippen LogP contribution in [0.5, 0.6) is 0 Å². The first kappa shape index (κ1) is 27.1. The summed E-state index contributed by atoms with van der Waals surface area (Å²) in [5.41, 5.74) is 11.6. The largest absolute Gasteiger partial charge is 0.335 e. The molecular weight excluding hydrogens is 583 g/mol. The molecule has 48 heavy (non-hydrogen) atoms. The maximum Gasteiger partial charge on any atom is 0.0764 e. The molecule has 3 heteroatoms. The van der Waals surface area contributed by atoms with Gasteiger partial charge in [0.05, 0.1) is 16.6 Å². The Morgan fingerprint density at radius 1 is 0.271 bits per heavy atom. The quantitative estimate of drug-likeness (QED) is 0.177. The minimum absolute atomic E-state index is 0.789. The summed E-state index contributed by atoms with van der Waals surface area (Å²) in [6.07, 6.45) is 0. The Balaban J connectivity index is 1.48. The van der Waals surface area contributed by atoms with Crippen molar-refractivity contribution in [2.24, 2.45) is 0 Å². The zero-order valence-corrected chi connectivity index (χ0v) is 26.6. The van der Waals surface area contributed by atoms with Crippen LogP contribution in [0.15, 0.2) is 164 Å². The Hall–Kier alpha value is -6.06. The third kappa shape index (κ3) is 4.01. The summed E-state index contributed by atoms with van der Waals surface area (Å²) >= 11 is 0. The number of hydrogen-bond acceptors (Lipinski definition) is 0. The fraction of sp³-hybridized carbons (Fsp3) is 0.0667. The smallest absolute Gasteiger partial charge is 0.0764 e. The molecule has 7 aromatic carbocycles. The zero-order chi connectivity index (χ0) is 31.6. The van der Waals surface area contributed by atoms with Crippen LogP contribution in [-0.2, 0) is 19.6 Å². The van der Waals surface area contributed by atoms with E-state index in [1.807, 2.05) is 0 Å². The molecule has 0 radical (unpaired) electrons. The number of para-hydroxylation sites is 3. The molecule has 0 aliphatic carbocycles. The summed E-state index contributed by atoms with van der Waals surface area (Å²) in [6.45, 7) is 2.38. The first-order chi connectivity index (χ1) is 23.8. The van der Waals surface area contributed by atoms with E-state index >= 15 is 0 Å². The van der Waals surface area contributed by atoms with Crippen molar-refractivity contribution in [3.05, 3.63) is 180 Å². The van der Waals surface area contributed by atoms with Gasteiger partial charge in [0.1, 0.15) is 0 Å². The van der Waals surface area contributed by atoms with E-state index in [2.05, 4.69) is 177 Å². The number of nitrogens with zero attached hydrogens (tertiary/aromatic N) is 3. The number of aromatic nitrogens is 3. The van der Waals surface area contributed by atoms with Gasteiger partial charge in [-0.25, -0.2) is 0 Å². The first-order valence-electron chi connectivity index (χ1n) is 16.8. The van der Waals surface area contributed by atoms with Crippen LogP contribution in [-0.4, -0.2) is 13.7 Å². The second-order valence-corrected chi connectivity index (χ2v) is 12.9. The van der Waals surface area contributed by atoms with Crippen molar-refractivity contribution in [2.45, 2.75) is 19.6 Å². The Bertz CT molecular complexity index is 2780. The van der Waals surface area contributed by atoms with Gasteiger partial charge in [0.15, 0.2) is 0 Å². The predicted molar refractivity (Wildman–Crippen MR) is 202 cm³/mol. The molecule has 0 saturated heterocycles. The number of fused-ring (bicyclic) bond motifs is 12. The lowest BCUT2D eigenvalue weighted by molar-refractivity contribution is 0.848. The van der Waals surface area contributed by atoms with Gasteiger partial charge in [-0.15, -0.1) is 0 Å². The molecule has 0 bridgehead atoms. The molecule has 0 saturated carbocycles. The van der Waals surface area contributed by atoms with Gasteiger partial charge in [-0.05, 0) is 34.9 Å². The Kier molecular flexibility index (Phi) is 6.07. The molecule has 10 aromatic rings. The first-order valence-corrected chi connectivity index (χ1v) is 16.8. The SMILES string of the molecule is c1ccc(Cn2c3ccccc3c3c4c5ccccc5n(Cc5ccccc5)c4c4c(c5ccccc5n4Cc4ccccc4)c32)cc1. The summed E-state index contributed by atoms with van der Waals surface area (Å²) in [7, 11) is 0. The lowest BCUT2D eigenvalue weighted by Crippen LogP contribution is -2.04. The highest BCUT2D eigenvalue weighted by molar-refractivity contribution is 6.39. The standard InChI is InChI=1S/C45H33N3/c1-4-16-31(17-5-1)28-46-37-25-13-10-22-34(37)40-41-35-23-11-14-26-38(35)47(29-32-18-6-2-7-19-32)44(41)45-42(43(40)46)36-24-12-15-27-39(36)48(45)30-33-20-8-3-9-21-33/h1-27H,28-30H2. The highest BCUT2D eigenvalue weighted by Gasteiger charge is 2.27. The number of hydrogen-bond donors (Lipinski definition) is 0. The molecule has 0 unspecified atom stereocenters. The molecule has 3 aromatic heterocycles. The van der Waals surface area contributed by atoms with Crippen LogP contribution < -0.4 is 0 Å². The monoisotopic (exact) mass is 615 g/mol. The van der Waals surface area contributed by atoms with E-state index in [4.69, 9.17) is 0 Å². The van der Waals surface area contributed by atoms with Crippen LogP contribution in [0.4, 0.5) is 0 Å². The lowest BCUT2D eigenvalue weighted by atomic mass is 10.0. The van der Waals surface area contributed by atoms with Crippen molar-refractivity contribution in [1.29, 1.82) is 0 Å². The maximum absolute atomic E-state index is 2.59. The second kappa shape index (κ2) is 10.8. The van der Waals surface area contributed by atoms with Crippen LogP contribution in [0, 0.1) is 0 Å². The molecular formula is C45H33N3. The normalized spacial score (nSPS) is 12.0. The highest BCUT2D eigenvalue weighted by Crippen LogP contribution is 2.48. The van der Waals surface area contributed by atoms with Gasteiger partial charge in [0.25, 0.3) is 0 Å².